The number of fused-ring (bicyclic) bond motifs is 6. The normalized spacial score (nSPS) is 14.1. The van der Waals surface area contributed by atoms with E-state index < -0.39 is 0 Å². The SMILES string of the molecule is Cc1c2c(-c3cccnc3)nc3cc(-c4nc(-c5ccccc5)cc(C5C=CC=CC5)n4)ccc3c2c(C)c2c(-c3cccnc3)nc3ccccc3c12. The second-order valence-corrected chi connectivity index (χ2v) is 13.9. The summed E-state index contributed by atoms with van der Waals surface area (Å²) in [7, 11) is 0. The van der Waals surface area contributed by atoms with Gasteiger partial charge in [-0.05, 0) is 84.6 Å². The minimum Gasteiger partial charge on any atom is -0.264 e. The Hall–Kier alpha value is -6.92. The molecule has 54 heavy (non-hydrogen) atoms. The molecule has 5 aromatic heterocycles. The van der Waals surface area contributed by atoms with E-state index in [0.29, 0.717) is 5.82 Å². The van der Waals surface area contributed by atoms with Gasteiger partial charge in [0.05, 0.1) is 33.8 Å². The Labute approximate surface area is 312 Å². The fourth-order valence-electron chi connectivity index (χ4n) is 8.14. The van der Waals surface area contributed by atoms with Crippen molar-refractivity contribution in [2.24, 2.45) is 0 Å². The Morgan fingerprint density at radius 2 is 1.17 bits per heavy atom. The van der Waals surface area contributed by atoms with Gasteiger partial charge in [-0.25, -0.2) is 19.9 Å². The van der Waals surface area contributed by atoms with Crippen LogP contribution in [-0.4, -0.2) is 29.9 Å². The van der Waals surface area contributed by atoms with Crippen LogP contribution in [0.5, 0.6) is 0 Å². The second-order valence-electron chi connectivity index (χ2n) is 13.9. The molecule has 0 saturated carbocycles. The van der Waals surface area contributed by atoms with Crippen LogP contribution in [0.1, 0.15) is 29.2 Å². The maximum Gasteiger partial charge on any atom is 0.160 e. The summed E-state index contributed by atoms with van der Waals surface area (Å²) in [5.41, 5.74) is 11.8. The predicted octanol–water partition coefficient (Wildman–Crippen LogP) is 11.6. The van der Waals surface area contributed by atoms with Gasteiger partial charge in [-0.15, -0.1) is 0 Å². The van der Waals surface area contributed by atoms with Gasteiger partial charge in [-0.2, -0.15) is 0 Å². The van der Waals surface area contributed by atoms with Crippen LogP contribution in [0.25, 0.3) is 88.5 Å². The summed E-state index contributed by atoms with van der Waals surface area (Å²) >= 11 is 0. The third-order valence-electron chi connectivity index (χ3n) is 10.7. The van der Waals surface area contributed by atoms with Crippen LogP contribution in [0.4, 0.5) is 0 Å². The summed E-state index contributed by atoms with van der Waals surface area (Å²) in [5.74, 6) is 0.860. The minimum absolute atomic E-state index is 0.177. The summed E-state index contributed by atoms with van der Waals surface area (Å²) < 4.78 is 0. The molecule has 1 unspecified atom stereocenters. The van der Waals surface area contributed by atoms with Crippen LogP contribution in [0, 0.1) is 13.8 Å². The van der Waals surface area contributed by atoms with Gasteiger partial charge >= 0.3 is 0 Å². The van der Waals surface area contributed by atoms with Gasteiger partial charge in [0, 0.05) is 74.5 Å². The van der Waals surface area contributed by atoms with Crippen molar-refractivity contribution in [2.45, 2.75) is 26.2 Å². The Morgan fingerprint density at radius 1 is 0.519 bits per heavy atom. The molecular formula is C48H34N6. The molecule has 10 rings (SSSR count). The molecule has 0 N–H and O–H groups in total. The van der Waals surface area contributed by atoms with Crippen LogP contribution in [0.3, 0.4) is 0 Å². The topological polar surface area (TPSA) is 77.3 Å². The molecule has 1 aliphatic rings. The maximum absolute atomic E-state index is 5.48. The summed E-state index contributed by atoms with van der Waals surface area (Å²) in [4.78, 5) is 30.2. The number of rotatable bonds is 5. The molecule has 0 spiro atoms. The highest BCUT2D eigenvalue weighted by Crippen LogP contribution is 2.45. The first kappa shape index (κ1) is 31.8. The molecule has 9 aromatic rings. The van der Waals surface area contributed by atoms with Crippen molar-refractivity contribution in [3.8, 4) is 45.2 Å². The third kappa shape index (κ3) is 5.26. The zero-order valence-corrected chi connectivity index (χ0v) is 29.9. The molecule has 0 fully saturated rings. The second kappa shape index (κ2) is 12.9. The molecule has 0 radical (unpaired) electrons. The van der Waals surface area contributed by atoms with Gasteiger partial charge in [-0.3, -0.25) is 9.97 Å². The lowest BCUT2D eigenvalue weighted by Gasteiger charge is -2.21. The number of hydrogen-bond acceptors (Lipinski definition) is 6. The zero-order valence-electron chi connectivity index (χ0n) is 29.9. The number of pyridine rings is 4. The fourth-order valence-corrected chi connectivity index (χ4v) is 8.14. The largest absolute Gasteiger partial charge is 0.264 e. The monoisotopic (exact) mass is 694 g/mol. The Balaban J connectivity index is 1.29. The number of hydrogen-bond donors (Lipinski definition) is 0. The van der Waals surface area contributed by atoms with Gasteiger partial charge < -0.3 is 0 Å². The molecule has 256 valence electrons. The highest BCUT2D eigenvalue weighted by Gasteiger charge is 2.23. The highest BCUT2D eigenvalue weighted by molar-refractivity contribution is 6.25. The van der Waals surface area contributed by atoms with Crippen molar-refractivity contribution >= 4 is 43.4 Å². The molecule has 6 heteroatoms. The van der Waals surface area contributed by atoms with E-state index in [1.165, 1.54) is 5.39 Å². The van der Waals surface area contributed by atoms with Crippen LogP contribution in [0.2, 0.25) is 0 Å². The Kier molecular flexibility index (Phi) is 7.62. The van der Waals surface area contributed by atoms with Crippen molar-refractivity contribution in [2.75, 3.05) is 0 Å². The average Bonchev–Trinajstić information content (AvgIpc) is 3.25. The molecule has 0 bridgehead atoms. The van der Waals surface area contributed by atoms with E-state index in [2.05, 4.69) is 133 Å². The number of benzene rings is 4. The lowest BCUT2D eigenvalue weighted by molar-refractivity contribution is 0.811. The molecule has 0 saturated heterocycles. The quantitative estimate of drug-likeness (QED) is 0.132. The third-order valence-corrected chi connectivity index (χ3v) is 10.7. The van der Waals surface area contributed by atoms with E-state index in [1.807, 2.05) is 43.0 Å². The van der Waals surface area contributed by atoms with Crippen LogP contribution in [0.15, 0.2) is 152 Å². The molecule has 0 aliphatic heterocycles. The summed E-state index contributed by atoms with van der Waals surface area (Å²) in [6.45, 7) is 4.45. The number of para-hydroxylation sites is 1. The van der Waals surface area contributed by atoms with E-state index in [1.54, 1.807) is 0 Å². The van der Waals surface area contributed by atoms with E-state index in [9.17, 15) is 0 Å². The van der Waals surface area contributed by atoms with E-state index in [-0.39, 0.29) is 5.92 Å². The number of nitrogens with zero attached hydrogens (tertiary/aromatic N) is 6. The predicted molar refractivity (Wildman–Crippen MR) is 220 cm³/mol. The minimum atomic E-state index is 0.177. The van der Waals surface area contributed by atoms with Gasteiger partial charge in [0.25, 0.3) is 0 Å². The fraction of sp³-hybridized carbons (Fsp3) is 0.0833. The molecule has 6 nitrogen and oxygen atoms in total. The number of aryl methyl sites for hydroxylation is 2. The van der Waals surface area contributed by atoms with Crippen molar-refractivity contribution in [1.29, 1.82) is 0 Å². The molecule has 4 aromatic carbocycles. The first-order valence-electron chi connectivity index (χ1n) is 18.3. The Bertz CT molecular complexity index is 2970. The lowest BCUT2D eigenvalue weighted by Crippen LogP contribution is -2.04. The molecule has 1 aliphatic carbocycles. The molecule has 5 heterocycles. The smallest absolute Gasteiger partial charge is 0.160 e. The van der Waals surface area contributed by atoms with Crippen molar-refractivity contribution in [3.63, 3.8) is 0 Å². The summed E-state index contributed by atoms with van der Waals surface area (Å²) in [6.07, 6.45) is 17.0. The summed E-state index contributed by atoms with van der Waals surface area (Å²) in [5, 5.41) is 6.75. The van der Waals surface area contributed by atoms with Gasteiger partial charge in [0.1, 0.15) is 0 Å². The van der Waals surface area contributed by atoms with Crippen LogP contribution < -0.4 is 0 Å². The number of allylic oxidation sites excluding steroid dienone is 4. The van der Waals surface area contributed by atoms with Crippen molar-refractivity contribution in [1.82, 2.24) is 29.9 Å². The lowest BCUT2D eigenvalue weighted by atomic mass is 9.86. The standard InChI is InChI=1S/C48H34N6/c1-29-42-36-19-9-10-20-38(36)51-46(34-17-11-23-49-27-34)44(42)30(2)43-37-22-21-33(25-41(37)52-47(45(29)43)35-18-12-24-50-28-35)48-53-39(31-13-5-3-6-14-31)26-40(54-48)32-15-7-4-8-16-32/h3-15,17-28,32H,16H2,1-2H3. The maximum atomic E-state index is 5.48. The van der Waals surface area contributed by atoms with Gasteiger partial charge in [0.15, 0.2) is 5.82 Å². The first-order chi connectivity index (χ1) is 26.6. The zero-order chi connectivity index (χ0) is 36.2. The van der Waals surface area contributed by atoms with Crippen molar-refractivity contribution < 1.29 is 0 Å². The average molecular weight is 695 g/mol. The van der Waals surface area contributed by atoms with E-state index in [0.717, 1.165) is 101 Å². The van der Waals surface area contributed by atoms with Gasteiger partial charge in [0.2, 0.25) is 0 Å². The van der Waals surface area contributed by atoms with Crippen molar-refractivity contribution in [3.05, 3.63) is 169 Å². The first-order valence-corrected chi connectivity index (χ1v) is 18.3. The van der Waals surface area contributed by atoms with Crippen LogP contribution >= 0.6 is 0 Å². The van der Waals surface area contributed by atoms with E-state index >= 15 is 0 Å². The Morgan fingerprint density at radius 3 is 1.83 bits per heavy atom. The van der Waals surface area contributed by atoms with E-state index in [4.69, 9.17) is 19.9 Å². The molecular weight excluding hydrogens is 661 g/mol. The summed E-state index contributed by atoms with van der Waals surface area (Å²) in [6, 6.07) is 35.5. The molecule has 0 amide bonds. The van der Waals surface area contributed by atoms with Crippen LogP contribution in [-0.2, 0) is 0 Å². The number of aromatic nitrogens is 6. The van der Waals surface area contributed by atoms with Gasteiger partial charge in [-0.1, -0.05) is 85.0 Å². The molecule has 1 atom stereocenters. The highest BCUT2D eigenvalue weighted by atomic mass is 14.9.